The van der Waals surface area contributed by atoms with Crippen molar-refractivity contribution < 1.29 is 14.3 Å². The molecule has 0 aliphatic carbocycles. The predicted molar refractivity (Wildman–Crippen MR) is 79.5 cm³/mol. The number of carbonyl (C=O) groups is 1. The predicted octanol–water partition coefficient (Wildman–Crippen LogP) is 3.01. The van der Waals surface area contributed by atoms with E-state index in [1.807, 2.05) is 0 Å². The maximum Gasteiger partial charge on any atom is 0.224 e. The minimum Gasteiger partial charge on any atom is -0.508 e. The number of phenolic OH excluding ortho intramolecular Hbond substituents is 1. The Kier molecular flexibility index (Phi) is 4.58. The van der Waals surface area contributed by atoms with Crippen LogP contribution >= 0.6 is 0 Å². The average Bonchev–Trinajstić information content (AvgIpc) is 2.42. The van der Waals surface area contributed by atoms with Crippen LogP contribution in [0, 0.1) is 19.7 Å². The summed E-state index contributed by atoms with van der Waals surface area (Å²) < 4.78 is 13.5. The lowest BCUT2D eigenvalue weighted by Gasteiger charge is -2.09. The number of hydrogen-bond donors (Lipinski definition) is 2. The number of phenols is 1. The van der Waals surface area contributed by atoms with E-state index in [1.54, 1.807) is 50.2 Å². The molecular weight excluding hydrogens is 269 g/mol. The first-order valence-electron chi connectivity index (χ1n) is 6.76. The highest BCUT2D eigenvalue weighted by molar-refractivity contribution is 5.78. The van der Waals surface area contributed by atoms with Gasteiger partial charge in [0.15, 0.2) is 0 Å². The molecule has 0 spiro atoms. The molecule has 0 unspecified atom stereocenters. The highest BCUT2D eigenvalue weighted by atomic mass is 19.1. The van der Waals surface area contributed by atoms with Gasteiger partial charge < -0.3 is 10.4 Å². The van der Waals surface area contributed by atoms with E-state index in [2.05, 4.69) is 5.32 Å². The van der Waals surface area contributed by atoms with E-state index < -0.39 is 0 Å². The molecule has 0 aromatic heterocycles. The molecule has 0 bridgehead atoms. The molecule has 110 valence electrons. The fourth-order valence-electron chi connectivity index (χ4n) is 2.25. The molecule has 2 rings (SSSR count). The molecule has 0 aliphatic rings. The lowest BCUT2D eigenvalue weighted by Crippen LogP contribution is -2.24. The van der Waals surface area contributed by atoms with Crippen molar-refractivity contribution in [2.45, 2.75) is 26.8 Å². The molecule has 0 atom stereocenters. The summed E-state index contributed by atoms with van der Waals surface area (Å²) in [5.41, 5.74) is 2.77. The van der Waals surface area contributed by atoms with Crippen molar-refractivity contribution in [3.05, 3.63) is 64.5 Å². The molecule has 0 saturated carbocycles. The number of amides is 1. The van der Waals surface area contributed by atoms with Crippen molar-refractivity contribution in [1.29, 1.82) is 0 Å². The molecule has 0 fully saturated rings. The van der Waals surface area contributed by atoms with Gasteiger partial charge in [-0.2, -0.15) is 0 Å². The second kappa shape index (κ2) is 6.39. The third-order valence-corrected chi connectivity index (χ3v) is 3.26. The second-order valence-electron chi connectivity index (χ2n) is 5.17. The molecule has 2 aromatic carbocycles. The summed E-state index contributed by atoms with van der Waals surface area (Å²) in [6, 6.07) is 10.1. The van der Waals surface area contributed by atoms with Crippen LogP contribution in [0.2, 0.25) is 0 Å². The fraction of sp³-hybridized carbons (Fsp3) is 0.235. The number of benzene rings is 2. The first-order valence-corrected chi connectivity index (χ1v) is 6.76. The molecule has 1 amide bonds. The van der Waals surface area contributed by atoms with Crippen molar-refractivity contribution in [1.82, 2.24) is 5.32 Å². The molecule has 21 heavy (non-hydrogen) atoms. The normalized spacial score (nSPS) is 10.4. The van der Waals surface area contributed by atoms with E-state index in [0.29, 0.717) is 17.7 Å². The van der Waals surface area contributed by atoms with Crippen LogP contribution in [0.1, 0.15) is 22.3 Å². The van der Waals surface area contributed by atoms with Gasteiger partial charge in [-0.05, 0) is 48.2 Å². The van der Waals surface area contributed by atoms with Crippen LogP contribution in [0.15, 0.2) is 36.4 Å². The van der Waals surface area contributed by atoms with E-state index >= 15 is 0 Å². The Bertz CT molecular complexity index is 645. The fourth-order valence-corrected chi connectivity index (χ4v) is 2.25. The van der Waals surface area contributed by atoms with E-state index in [4.69, 9.17) is 0 Å². The maximum atomic E-state index is 13.5. The SMILES string of the molecule is Cc1cc(CNC(=O)Cc2cccc(O)c2)cc(C)c1F. The van der Waals surface area contributed by atoms with Crippen molar-refractivity contribution >= 4 is 5.91 Å². The topological polar surface area (TPSA) is 49.3 Å². The first-order chi connectivity index (χ1) is 9.95. The van der Waals surface area contributed by atoms with Gasteiger partial charge >= 0.3 is 0 Å². The molecule has 0 radical (unpaired) electrons. The minimum atomic E-state index is -0.204. The summed E-state index contributed by atoms with van der Waals surface area (Å²) in [6.45, 7) is 3.78. The lowest BCUT2D eigenvalue weighted by molar-refractivity contribution is -0.120. The second-order valence-corrected chi connectivity index (χ2v) is 5.17. The summed E-state index contributed by atoms with van der Waals surface area (Å²) >= 11 is 0. The van der Waals surface area contributed by atoms with Gasteiger partial charge in [0.1, 0.15) is 11.6 Å². The maximum absolute atomic E-state index is 13.5. The number of halogens is 1. The van der Waals surface area contributed by atoms with Crippen molar-refractivity contribution in [3.63, 3.8) is 0 Å². The van der Waals surface area contributed by atoms with Gasteiger partial charge in [0.05, 0.1) is 6.42 Å². The number of aromatic hydroxyl groups is 1. The van der Waals surface area contributed by atoms with Crippen LogP contribution in [0.4, 0.5) is 4.39 Å². The zero-order valence-corrected chi connectivity index (χ0v) is 12.1. The first kappa shape index (κ1) is 15.0. The summed E-state index contributed by atoms with van der Waals surface area (Å²) in [5, 5.41) is 12.2. The Hall–Kier alpha value is -2.36. The quantitative estimate of drug-likeness (QED) is 0.908. The molecule has 2 N–H and O–H groups in total. The zero-order valence-electron chi connectivity index (χ0n) is 12.1. The van der Waals surface area contributed by atoms with Crippen molar-refractivity contribution in [2.75, 3.05) is 0 Å². The highest BCUT2D eigenvalue weighted by Crippen LogP contribution is 2.15. The van der Waals surface area contributed by atoms with Gasteiger partial charge in [-0.3, -0.25) is 4.79 Å². The van der Waals surface area contributed by atoms with Crippen molar-refractivity contribution in [2.24, 2.45) is 0 Å². The van der Waals surface area contributed by atoms with Gasteiger partial charge in [-0.25, -0.2) is 4.39 Å². The van der Waals surface area contributed by atoms with Gasteiger partial charge in [-0.1, -0.05) is 24.3 Å². The van der Waals surface area contributed by atoms with Gasteiger partial charge in [0.25, 0.3) is 0 Å². The third kappa shape index (κ3) is 4.05. The zero-order chi connectivity index (χ0) is 15.4. The lowest BCUT2D eigenvalue weighted by atomic mass is 10.1. The van der Waals surface area contributed by atoms with Crippen LogP contribution in [0.5, 0.6) is 5.75 Å². The van der Waals surface area contributed by atoms with E-state index in [1.165, 1.54) is 0 Å². The van der Waals surface area contributed by atoms with Crippen molar-refractivity contribution in [3.8, 4) is 5.75 Å². The molecule has 0 saturated heterocycles. The Labute approximate surface area is 123 Å². The summed E-state index contributed by atoms with van der Waals surface area (Å²) in [5.74, 6) is -0.199. The smallest absolute Gasteiger partial charge is 0.224 e. The Morgan fingerprint density at radius 3 is 2.43 bits per heavy atom. The number of hydrogen-bond acceptors (Lipinski definition) is 2. The summed E-state index contributed by atoms with van der Waals surface area (Å²) in [4.78, 5) is 11.9. The monoisotopic (exact) mass is 287 g/mol. The van der Waals surface area contributed by atoms with E-state index in [0.717, 1.165) is 11.1 Å². The molecule has 2 aromatic rings. The van der Waals surface area contributed by atoms with Gasteiger partial charge in [0, 0.05) is 6.54 Å². The standard InChI is InChI=1S/C17H18FNO2/c1-11-6-14(7-12(2)17(11)18)10-19-16(21)9-13-4-3-5-15(20)8-13/h3-8,20H,9-10H2,1-2H3,(H,19,21). The highest BCUT2D eigenvalue weighted by Gasteiger charge is 2.07. The van der Waals surface area contributed by atoms with Crippen LogP contribution < -0.4 is 5.32 Å². The Balaban J connectivity index is 1.95. The molecule has 0 heterocycles. The number of aryl methyl sites for hydroxylation is 2. The van der Waals surface area contributed by atoms with Gasteiger partial charge in [0.2, 0.25) is 5.91 Å². The van der Waals surface area contributed by atoms with E-state index in [9.17, 15) is 14.3 Å². The van der Waals surface area contributed by atoms with Crippen LogP contribution in [0.3, 0.4) is 0 Å². The molecule has 4 heteroatoms. The molecular formula is C17H18FNO2. The average molecular weight is 287 g/mol. The van der Waals surface area contributed by atoms with Crippen LogP contribution in [-0.4, -0.2) is 11.0 Å². The molecule has 3 nitrogen and oxygen atoms in total. The van der Waals surface area contributed by atoms with Gasteiger partial charge in [-0.15, -0.1) is 0 Å². The van der Waals surface area contributed by atoms with E-state index in [-0.39, 0.29) is 23.9 Å². The Morgan fingerprint density at radius 1 is 1.14 bits per heavy atom. The van der Waals surface area contributed by atoms with Crippen LogP contribution in [-0.2, 0) is 17.8 Å². The summed E-state index contributed by atoms with van der Waals surface area (Å²) in [6.07, 6.45) is 0.202. The number of nitrogens with one attached hydrogen (secondary N) is 1. The largest absolute Gasteiger partial charge is 0.508 e. The summed E-state index contributed by atoms with van der Waals surface area (Å²) in [7, 11) is 0. The van der Waals surface area contributed by atoms with Crippen LogP contribution in [0.25, 0.3) is 0 Å². The minimum absolute atomic E-state index is 0.139. The third-order valence-electron chi connectivity index (χ3n) is 3.26. The molecule has 0 aliphatic heterocycles. The number of carbonyl (C=O) groups excluding carboxylic acids is 1. The Morgan fingerprint density at radius 2 is 1.81 bits per heavy atom. The number of rotatable bonds is 4.